The third kappa shape index (κ3) is 15.5. The van der Waals surface area contributed by atoms with Crippen molar-refractivity contribution in [1.82, 2.24) is 5.32 Å². The summed E-state index contributed by atoms with van der Waals surface area (Å²) in [4.78, 5) is 23.5. The lowest BCUT2D eigenvalue weighted by Gasteiger charge is -2.17. The first-order valence-electron chi connectivity index (χ1n) is 11.0. The van der Waals surface area contributed by atoms with Crippen LogP contribution in [0.2, 0.25) is 0 Å². The number of aliphatic hydroxyl groups is 1. The van der Waals surface area contributed by atoms with Crippen LogP contribution in [0.15, 0.2) is 0 Å². The number of rotatable bonds is 19. The minimum atomic E-state index is -2.80. The van der Waals surface area contributed by atoms with E-state index in [1.807, 2.05) is 0 Å². The molecule has 3 atom stereocenters. The van der Waals surface area contributed by atoms with Gasteiger partial charge in [-0.1, -0.05) is 64.7 Å². The van der Waals surface area contributed by atoms with Crippen LogP contribution in [0, 0.1) is 0 Å². The zero-order valence-electron chi connectivity index (χ0n) is 18.1. The molecule has 172 valence electrons. The summed E-state index contributed by atoms with van der Waals surface area (Å²) in [6, 6.07) is -1.37. The van der Waals surface area contributed by atoms with Crippen LogP contribution in [0.3, 0.4) is 0 Å². The molecule has 0 saturated carbocycles. The first-order chi connectivity index (χ1) is 13.9. The molecule has 0 radical (unpaired) electrons. The number of unbranched alkanes of at least 4 members (excludes halogenated alkanes) is 9. The van der Waals surface area contributed by atoms with Crippen LogP contribution < -0.4 is 11.1 Å². The van der Waals surface area contributed by atoms with E-state index in [4.69, 9.17) is 15.0 Å². The summed E-state index contributed by atoms with van der Waals surface area (Å²) in [5.41, 5.74) is 5.55. The lowest BCUT2D eigenvalue weighted by molar-refractivity contribution is -0.143. The molecule has 4 N–H and O–H groups in total. The van der Waals surface area contributed by atoms with Gasteiger partial charge in [-0.2, -0.15) is 0 Å². The summed E-state index contributed by atoms with van der Waals surface area (Å²) in [5, 5.41) is 12.1. The zero-order valence-corrected chi connectivity index (χ0v) is 19.1. The minimum absolute atomic E-state index is 0.0208. The molecular formula is C20H41N2O6P. The fourth-order valence-electron chi connectivity index (χ4n) is 2.77. The second-order valence-electron chi connectivity index (χ2n) is 7.17. The number of aliphatic hydroxyl groups excluding tert-OH is 1. The molecule has 0 rings (SSSR count). The smallest absolute Gasteiger partial charge is 0.307 e. The van der Waals surface area contributed by atoms with E-state index in [0.29, 0.717) is 6.61 Å². The fraction of sp³-hybridized carbons (Fsp3) is 0.900. The Kier molecular flexibility index (Phi) is 18.4. The third-order valence-corrected chi connectivity index (χ3v) is 5.98. The van der Waals surface area contributed by atoms with Crippen LogP contribution in [-0.2, 0) is 23.4 Å². The van der Waals surface area contributed by atoms with Gasteiger partial charge in [0.15, 0.2) is 5.85 Å². The highest BCUT2D eigenvalue weighted by Gasteiger charge is 2.27. The Morgan fingerprint density at radius 2 is 1.55 bits per heavy atom. The van der Waals surface area contributed by atoms with E-state index in [0.717, 1.165) is 19.3 Å². The van der Waals surface area contributed by atoms with Crippen molar-refractivity contribution in [3.8, 4) is 0 Å². The van der Waals surface area contributed by atoms with E-state index in [2.05, 4.69) is 12.2 Å². The van der Waals surface area contributed by atoms with Gasteiger partial charge in [-0.25, -0.2) is 0 Å². The Balaban J connectivity index is 3.62. The Morgan fingerprint density at radius 3 is 2.10 bits per heavy atom. The number of hydrogen-bond donors (Lipinski definition) is 3. The van der Waals surface area contributed by atoms with Crippen LogP contribution in [0.1, 0.15) is 84.5 Å². The molecule has 0 bridgehead atoms. The number of amides is 1. The minimum Gasteiger partial charge on any atom is -0.466 e. The zero-order chi connectivity index (χ0) is 21.9. The van der Waals surface area contributed by atoms with Gasteiger partial charge in [0.1, 0.15) is 6.04 Å². The monoisotopic (exact) mass is 436 g/mol. The maximum absolute atomic E-state index is 11.8. The molecule has 0 aromatic rings. The van der Waals surface area contributed by atoms with E-state index < -0.39 is 31.8 Å². The van der Waals surface area contributed by atoms with E-state index in [1.54, 1.807) is 6.92 Å². The van der Waals surface area contributed by atoms with Crippen LogP contribution in [0.4, 0.5) is 0 Å². The number of nitrogens with two attached hydrogens (primary N) is 1. The standard InChI is InChI=1S/C20H41N2O6P/c1-3-5-6-7-8-9-10-11-12-13-16-27-17(23)14-15-22-19(24)18(21)20(25)29(26)28-4-2/h18,20,25,29H,3-16,21H2,1-2H3,(H,22,24)/t18-,20?/m0/s1. The van der Waals surface area contributed by atoms with Gasteiger partial charge < -0.3 is 25.4 Å². The largest absolute Gasteiger partial charge is 0.466 e. The first-order valence-corrected chi connectivity index (χ1v) is 12.4. The van der Waals surface area contributed by atoms with Gasteiger partial charge in [0.05, 0.1) is 19.6 Å². The molecule has 0 aromatic carbocycles. The summed E-state index contributed by atoms with van der Waals surface area (Å²) in [6.07, 6.45) is 12.2. The molecule has 0 aliphatic heterocycles. The lowest BCUT2D eigenvalue weighted by atomic mass is 10.1. The third-order valence-electron chi connectivity index (χ3n) is 4.56. The maximum atomic E-state index is 11.8. The predicted molar refractivity (Wildman–Crippen MR) is 115 cm³/mol. The summed E-state index contributed by atoms with van der Waals surface area (Å²) >= 11 is 0. The van der Waals surface area contributed by atoms with E-state index in [1.165, 1.54) is 44.9 Å². The van der Waals surface area contributed by atoms with Gasteiger partial charge >= 0.3 is 5.97 Å². The summed E-state index contributed by atoms with van der Waals surface area (Å²) in [7, 11) is -2.80. The Hall–Kier alpha value is -0.950. The van der Waals surface area contributed by atoms with Crippen molar-refractivity contribution in [1.29, 1.82) is 0 Å². The highest BCUT2D eigenvalue weighted by atomic mass is 31.1. The quantitative estimate of drug-likeness (QED) is 0.161. The number of nitrogens with one attached hydrogen (secondary N) is 1. The van der Waals surface area contributed by atoms with Crippen molar-refractivity contribution in [3.63, 3.8) is 0 Å². The number of esters is 1. The fourth-order valence-corrected chi connectivity index (χ4v) is 3.67. The predicted octanol–water partition coefficient (Wildman–Crippen LogP) is 3.11. The molecule has 0 aromatic heterocycles. The lowest BCUT2D eigenvalue weighted by Crippen LogP contribution is -2.47. The highest BCUT2D eigenvalue weighted by molar-refractivity contribution is 7.39. The van der Waals surface area contributed by atoms with Crippen LogP contribution in [0.5, 0.6) is 0 Å². The maximum Gasteiger partial charge on any atom is 0.307 e. The highest BCUT2D eigenvalue weighted by Crippen LogP contribution is 2.28. The molecule has 8 nitrogen and oxygen atoms in total. The summed E-state index contributed by atoms with van der Waals surface area (Å²) in [5.74, 6) is -2.63. The second-order valence-corrected chi connectivity index (χ2v) is 8.68. The molecule has 0 aliphatic rings. The molecule has 1 amide bonds. The van der Waals surface area contributed by atoms with Crippen LogP contribution >= 0.6 is 8.03 Å². The molecular weight excluding hydrogens is 395 g/mol. The molecule has 0 spiro atoms. The molecule has 0 aliphatic carbocycles. The van der Waals surface area contributed by atoms with Crippen LogP contribution in [-0.4, -0.2) is 48.6 Å². The van der Waals surface area contributed by atoms with Crippen molar-refractivity contribution in [2.24, 2.45) is 5.73 Å². The number of carbonyl (C=O) groups is 2. The van der Waals surface area contributed by atoms with Gasteiger partial charge in [-0.05, 0) is 13.3 Å². The Morgan fingerprint density at radius 1 is 1.00 bits per heavy atom. The number of carbonyl (C=O) groups excluding carboxylic acids is 2. The van der Waals surface area contributed by atoms with Gasteiger partial charge in [0.25, 0.3) is 0 Å². The van der Waals surface area contributed by atoms with Crippen LogP contribution in [0.25, 0.3) is 0 Å². The molecule has 0 heterocycles. The number of ether oxygens (including phenoxy) is 1. The molecule has 0 saturated heterocycles. The normalized spacial score (nSPS) is 14.2. The van der Waals surface area contributed by atoms with Gasteiger partial charge in [0.2, 0.25) is 13.9 Å². The van der Waals surface area contributed by atoms with Crippen molar-refractivity contribution in [2.45, 2.75) is 96.4 Å². The van der Waals surface area contributed by atoms with Crippen molar-refractivity contribution < 1.29 is 28.5 Å². The van der Waals surface area contributed by atoms with Gasteiger partial charge in [0, 0.05) is 6.54 Å². The second kappa shape index (κ2) is 19.0. The summed E-state index contributed by atoms with van der Waals surface area (Å²) in [6.45, 7) is 4.44. The molecule has 0 fully saturated rings. The van der Waals surface area contributed by atoms with Crippen molar-refractivity contribution in [2.75, 3.05) is 19.8 Å². The SMILES string of the molecule is CCCCCCCCCCCCOC(=O)CCNC(=O)[C@H](N)C(O)[PH](=O)OCC. The Bertz CT molecular complexity index is 464. The Labute approximate surface area is 176 Å². The molecule has 29 heavy (non-hydrogen) atoms. The average molecular weight is 437 g/mol. The summed E-state index contributed by atoms with van der Waals surface area (Å²) < 4.78 is 21.5. The van der Waals surface area contributed by atoms with Gasteiger partial charge in [-0.15, -0.1) is 0 Å². The molecule has 2 unspecified atom stereocenters. The first kappa shape index (κ1) is 28.1. The topological polar surface area (TPSA) is 128 Å². The number of hydrogen-bond acceptors (Lipinski definition) is 7. The molecule has 9 heteroatoms. The van der Waals surface area contributed by atoms with E-state index >= 15 is 0 Å². The van der Waals surface area contributed by atoms with E-state index in [-0.39, 0.29) is 19.6 Å². The van der Waals surface area contributed by atoms with E-state index in [9.17, 15) is 19.3 Å². The van der Waals surface area contributed by atoms with Crippen molar-refractivity contribution in [3.05, 3.63) is 0 Å². The van der Waals surface area contributed by atoms with Crippen molar-refractivity contribution >= 4 is 19.9 Å². The average Bonchev–Trinajstić information content (AvgIpc) is 2.70. The van der Waals surface area contributed by atoms with Gasteiger partial charge in [-0.3, -0.25) is 14.2 Å².